The summed E-state index contributed by atoms with van der Waals surface area (Å²) in [6.45, 7) is 3.83. The first-order valence-electron chi connectivity index (χ1n) is 6.49. The Labute approximate surface area is 120 Å². The summed E-state index contributed by atoms with van der Waals surface area (Å²) in [6.07, 6.45) is 3.34. The molecule has 0 saturated heterocycles. The molecule has 1 aromatic carbocycles. The van der Waals surface area contributed by atoms with Crippen molar-refractivity contribution in [3.63, 3.8) is 0 Å². The molecule has 0 heterocycles. The third-order valence-electron chi connectivity index (χ3n) is 3.19. The van der Waals surface area contributed by atoms with Gasteiger partial charge in [-0.3, -0.25) is 0 Å². The summed E-state index contributed by atoms with van der Waals surface area (Å²) in [5, 5.41) is 8.71. The van der Waals surface area contributed by atoms with Crippen molar-refractivity contribution in [2.24, 2.45) is 0 Å². The van der Waals surface area contributed by atoms with Crippen LogP contribution < -0.4 is 4.74 Å². The average molecular weight is 278 g/mol. The Morgan fingerprint density at radius 3 is 2.63 bits per heavy atom. The van der Waals surface area contributed by atoms with Crippen LogP contribution in [-0.4, -0.2) is 43.1 Å². The topological polar surface area (TPSA) is 36.3 Å². The molecule has 0 saturated carbocycles. The van der Waals surface area contributed by atoms with E-state index in [1.807, 2.05) is 23.9 Å². The molecule has 0 spiro atoms. The Bertz CT molecular complexity index is 400. The lowest BCUT2D eigenvalue weighted by Crippen LogP contribution is -2.33. The van der Waals surface area contributed by atoms with Crippen molar-refractivity contribution in [2.45, 2.75) is 19.4 Å². The largest absolute Gasteiger partial charge is 0.492 e. The Kier molecular flexibility index (Phi) is 7.39. The first kappa shape index (κ1) is 15.9. The summed E-state index contributed by atoms with van der Waals surface area (Å²) < 4.78 is 5.67. The number of benzene rings is 1. The molecular weight excluding hydrogens is 256 g/mol. The van der Waals surface area contributed by atoms with Crippen molar-refractivity contribution in [3.05, 3.63) is 29.8 Å². The van der Waals surface area contributed by atoms with Gasteiger partial charge >= 0.3 is 0 Å². The molecule has 1 rings (SSSR count). The van der Waals surface area contributed by atoms with Gasteiger partial charge in [0.25, 0.3) is 0 Å². The summed E-state index contributed by atoms with van der Waals surface area (Å²) in [7, 11) is 2.13. The molecule has 1 unspecified atom stereocenters. The monoisotopic (exact) mass is 278 g/mol. The van der Waals surface area contributed by atoms with Crippen LogP contribution in [0.4, 0.5) is 0 Å². The Morgan fingerprint density at radius 2 is 2.05 bits per heavy atom. The van der Waals surface area contributed by atoms with Gasteiger partial charge in [0.1, 0.15) is 12.4 Å². The second kappa shape index (κ2) is 8.84. The minimum atomic E-state index is 0.581. The molecule has 1 aromatic rings. The number of nitriles is 1. The molecule has 0 fully saturated rings. The van der Waals surface area contributed by atoms with Gasteiger partial charge in [-0.25, -0.2) is 0 Å². The standard InChI is InChI=1S/C15H22N2OS/c1-13(8-11-19-3)17(2)9-10-18-15-6-4-14(12-16)5-7-15/h4-7,13H,8-11H2,1-3H3. The highest BCUT2D eigenvalue weighted by atomic mass is 32.2. The van der Waals surface area contributed by atoms with Gasteiger partial charge in [-0.2, -0.15) is 17.0 Å². The summed E-state index contributed by atoms with van der Waals surface area (Å²) in [6, 6.07) is 9.92. The maximum atomic E-state index is 8.71. The third kappa shape index (κ3) is 6.00. The van der Waals surface area contributed by atoms with Crippen LogP contribution in [-0.2, 0) is 0 Å². The van der Waals surface area contributed by atoms with E-state index >= 15 is 0 Å². The number of hydrogen-bond acceptors (Lipinski definition) is 4. The lowest BCUT2D eigenvalue weighted by atomic mass is 10.2. The zero-order valence-corrected chi connectivity index (χ0v) is 12.7. The van der Waals surface area contributed by atoms with Crippen molar-refractivity contribution < 1.29 is 4.74 Å². The van der Waals surface area contributed by atoms with Crippen LogP contribution in [0.15, 0.2) is 24.3 Å². The summed E-state index contributed by atoms with van der Waals surface area (Å²) in [5.74, 6) is 2.02. The number of ether oxygens (including phenoxy) is 1. The highest BCUT2D eigenvalue weighted by Crippen LogP contribution is 2.12. The molecule has 0 N–H and O–H groups in total. The molecule has 0 aliphatic heterocycles. The van der Waals surface area contributed by atoms with Gasteiger partial charge in [0, 0.05) is 12.6 Å². The van der Waals surface area contributed by atoms with Gasteiger partial charge in [-0.15, -0.1) is 0 Å². The first-order valence-corrected chi connectivity index (χ1v) is 7.89. The summed E-state index contributed by atoms with van der Waals surface area (Å²) in [5.41, 5.74) is 0.662. The maximum absolute atomic E-state index is 8.71. The number of likely N-dealkylation sites (N-methyl/N-ethyl adjacent to an activating group) is 1. The SMILES string of the molecule is CSCCC(C)N(C)CCOc1ccc(C#N)cc1. The Hall–Kier alpha value is -1.18. The van der Waals surface area contributed by atoms with E-state index in [1.54, 1.807) is 12.1 Å². The van der Waals surface area contributed by atoms with Gasteiger partial charge in [0.05, 0.1) is 11.6 Å². The quantitative estimate of drug-likeness (QED) is 0.732. The van der Waals surface area contributed by atoms with E-state index in [9.17, 15) is 0 Å². The molecule has 0 amide bonds. The Balaban J connectivity index is 2.27. The molecule has 0 aliphatic carbocycles. The molecule has 4 heteroatoms. The predicted octanol–water partition coefficient (Wildman–Crippen LogP) is 3.01. The number of rotatable bonds is 8. The lowest BCUT2D eigenvalue weighted by Gasteiger charge is -2.24. The zero-order chi connectivity index (χ0) is 14.1. The molecule has 19 heavy (non-hydrogen) atoms. The fourth-order valence-corrected chi connectivity index (χ4v) is 2.24. The van der Waals surface area contributed by atoms with Crippen molar-refractivity contribution in [1.82, 2.24) is 4.90 Å². The van der Waals surface area contributed by atoms with E-state index in [2.05, 4.69) is 31.2 Å². The van der Waals surface area contributed by atoms with Gasteiger partial charge < -0.3 is 9.64 Å². The van der Waals surface area contributed by atoms with Crippen LogP contribution >= 0.6 is 11.8 Å². The minimum Gasteiger partial charge on any atom is -0.492 e. The van der Waals surface area contributed by atoms with Gasteiger partial charge in [0.15, 0.2) is 0 Å². The van der Waals surface area contributed by atoms with E-state index in [4.69, 9.17) is 10.00 Å². The smallest absolute Gasteiger partial charge is 0.119 e. The third-order valence-corrected chi connectivity index (χ3v) is 3.83. The van der Waals surface area contributed by atoms with E-state index < -0.39 is 0 Å². The van der Waals surface area contributed by atoms with Gasteiger partial charge in [-0.05, 0) is 56.7 Å². The fourth-order valence-electron chi connectivity index (χ4n) is 1.66. The lowest BCUT2D eigenvalue weighted by molar-refractivity contribution is 0.197. The normalized spacial score (nSPS) is 12.2. The molecule has 0 aliphatic rings. The van der Waals surface area contributed by atoms with Gasteiger partial charge in [0.2, 0.25) is 0 Å². The number of hydrogen-bond donors (Lipinski definition) is 0. The van der Waals surface area contributed by atoms with E-state index in [-0.39, 0.29) is 0 Å². The first-order chi connectivity index (χ1) is 9.17. The summed E-state index contributed by atoms with van der Waals surface area (Å²) in [4.78, 5) is 2.32. The maximum Gasteiger partial charge on any atom is 0.119 e. The van der Waals surface area contributed by atoms with E-state index in [0.29, 0.717) is 18.2 Å². The van der Waals surface area contributed by atoms with Crippen molar-refractivity contribution in [1.29, 1.82) is 5.26 Å². The molecule has 104 valence electrons. The van der Waals surface area contributed by atoms with Gasteiger partial charge in [-0.1, -0.05) is 0 Å². The number of nitrogens with zero attached hydrogens (tertiary/aromatic N) is 2. The zero-order valence-electron chi connectivity index (χ0n) is 11.9. The van der Waals surface area contributed by atoms with Crippen LogP contribution in [0.2, 0.25) is 0 Å². The molecular formula is C15H22N2OS. The molecule has 0 bridgehead atoms. The average Bonchev–Trinajstić information content (AvgIpc) is 2.45. The fraction of sp³-hybridized carbons (Fsp3) is 0.533. The van der Waals surface area contributed by atoms with Crippen LogP contribution in [0.25, 0.3) is 0 Å². The van der Waals surface area contributed by atoms with Crippen LogP contribution in [0.5, 0.6) is 5.75 Å². The van der Waals surface area contributed by atoms with Crippen LogP contribution in [0, 0.1) is 11.3 Å². The van der Waals surface area contributed by atoms with Crippen molar-refractivity contribution >= 4 is 11.8 Å². The van der Waals surface area contributed by atoms with E-state index in [0.717, 1.165) is 12.3 Å². The minimum absolute atomic E-state index is 0.581. The highest BCUT2D eigenvalue weighted by molar-refractivity contribution is 7.98. The molecule has 0 radical (unpaired) electrons. The molecule has 0 aromatic heterocycles. The second-order valence-corrected chi connectivity index (χ2v) is 5.58. The van der Waals surface area contributed by atoms with Crippen molar-refractivity contribution in [3.8, 4) is 11.8 Å². The Morgan fingerprint density at radius 1 is 1.37 bits per heavy atom. The summed E-state index contributed by atoms with van der Waals surface area (Å²) >= 11 is 1.89. The van der Waals surface area contributed by atoms with Crippen molar-refractivity contribution in [2.75, 3.05) is 32.2 Å². The van der Waals surface area contributed by atoms with E-state index in [1.165, 1.54) is 12.2 Å². The predicted molar refractivity (Wildman–Crippen MR) is 81.7 cm³/mol. The van der Waals surface area contributed by atoms with Crippen LogP contribution in [0.3, 0.4) is 0 Å². The molecule has 3 nitrogen and oxygen atoms in total. The van der Waals surface area contributed by atoms with Crippen LogP contribution in [0.1, 0.15) is 18.9 Å². The number of thioether (sulfide) groups is 1. The second-order valence-electron chi connectivity index (χ2n) is 4.60. The molecule has 1 atom stereocenters. The highest BCUT2D eigenvalue weighted by Gasteiger charge is 2.08.